The van der Waals surface area contributed by atoms with E-state index in [1.165, 1.54) is 0 Å². The monoisotopic (exact) mass is 208 g/mol. The zero-order valence-electron chi connectivity index (χ0n) is 6.80. The summed E-state index contributed by atoms with van der Waals surface area (Å²) in [4.78, 5) is 12.5. The average Bonchev–Trinajstić information content (AvgIpc) is 2.48. The minimum atomic E-state index is -4.59. The second-order valence-corrected chi connectivity index (χ2v) is 2.62. The highest BCUT2D eigenvalue weighted by atomic mass is 19.4. The summed E-state index contributed by atoms with van der Waals surface area (Å²) in [5, 5.41) is 8.43. The number of hydrogen-bond donors (Lipinski definition) is 3. The number of rotatable bonds is 2. The van der Waals surface area contributed by atoms with Gasteiger partial charge in [-0.15, -0.1) is 0 Å². The van der Waals surface area contributed by atoms with Crippen molar-refractivity contribution in [3.05, 3.63) is 23.5 Å². The molecule has 0 radical (unpaired) electrons. The molecule has 0 fully saturated rings. The molecule has 7 heteroatoms. The van der Waals surface area contributed by atoms with Gasteiger partial charge in [0.05, 0.1) is 11.3 Å². The number of aromatic amines is 1. The molecule has 0 bridgehead atoms. The molecule has 0 aliphatic heterocycles. The zero-order chi connectivity index (χ0) is 10.9. The van der Waals surface area contributed by atoms with Crippen LogP contribution in [0, 0.1) is 0 Å². The minimum Gasteiger partial charge on any atom is -0.480 e. The Kier molecular flexibility index (Phi) is 2.52. The van der Waals surface area contributed by atoms with Gasteiger partial charge in [0, 0.05) is 6.20 Å². The molecule has 1 rings (SSSR count). The number of carbonyl (C=O) groups is 1. The van der Waals surface area contributed by atoms with Crippen molar-refractivity contribution in [3.8, 4) is 0 Å². The molecule has 1 aromatic rings. The van der Waals surface area contributed by atoms with Crippen LogP contribution in [-0.4, -0.2) is 16.1 Å². The predicted molar refractivity (Wildman–Crippen MR) is 40.4 cm³/mol. The van der Waals surface area contributed by atoms with Gasteiger partial charge in [0.2, 0.25) is 0 Å². The molecule has 14 heavy (non-hydrogen) atoms. The zero-order valence-corrected chi connectivity index (χ0v) is 6.80. The number of carboxylic acid groups (broad SMARTS) is 1. The number of nitrogens with one attached hydrogen (secondary N) is 1. The van der Waals surface area contributed by atoms with E-state index in [2.05, 4.69) is 4.98 Å². The van der Waals surface area contributed by atoms with Gasteiger partial charge in [-0.2, -0.15) is 13.2 Å². The molecule has 0 amide bonds. The molecule has 1 heterocycles. The van der Waals surface area contributed by atoms with E-state index in [1.807, 2.05) is 0 Å². The Morgan fingerprint density at radius 3 is 2.57 bits per heavy atom. The molecule has 0 aromatic carbocycles. The third-order valence-electron chi connectivity index (χ3n) is 1.66. The Balaban J connectivity index is 3.11. The van der Waals surface area contributed by atoms with Crippen LogP contribution in [0.2, 0.25) is 0 Å². The largest absolute Gasteiger partial charge is 0.480 e. The van der Waals surface area contributed by atoms with Crippen LogP contribution in [0.3, 0.4) is 0 Å². The van der Waals surface area contributed by atoms with E-state index < -0.39 is 29.4 Å². The van der Waals surface area contributed by atoms with E-state index in [4.69, 9.17) is 10.8 Å². The molecule has 0 saturated heterocycles. The molecule has 1 aromatic heterocycles. The maximum absolute atomic E-state index is 12.2. The summed E-state index contributed by atoms with van der Waals surface area (Å²) < 4.78 is 36.7. The number of carboxylic acids is 1. The van der Waals surface area contributed by atoms with E-state index in [-0.39, 0.29) is 0 Å². The molecule has 78 valence electrons. The van der Waals surface area contributed by atoms with Crippen molar-refractivity contribution in [3.63, 3.8) is 0 Å². The van der Waals surface area contributed by atoms with Gasteiger partial charge in [-0.25, -0.2) is 0 Å². The normalized spacial score (nSPS) is 14.0. The fourth-order valence-corrected chi connectivity index (χ4v) is 1.01. The lowest BCUT2D eigenvalue weighted by Crippen LogP contribution is -2.24. The number of nitrogens with two attached hydrogens (primary N) is 1. The molecule has 1 unspecified atom stereocenters. The fraction of sp³-hybridized carbons (Fsp3) is 0.286. The molecular formula is C7H7F3N2O2. The van der Waals surface area contributed by atoms with Crippen LogP contribution < -0.4 is 5.73 Å². The number of H-pyrrole nitrogens is 1. The van der Waals surface area contributed by atoms with Gasteiger partial charge in [-0.3, -0.25) is 4.79 Å². The highest BCUT2D eigenvalue weighted by molar-refractivity contribution is 5.75. The Bertz CT molecular complexity index is 345. The minimum absolute atomic E-state index is 0.537. The third-order valence-corrected chi connectivity index (χ3v) is 1.66. The van der Waals surface area contributed by atoms with Crippen LogP contribution >= 0.6 is 0 Å². The van der Waals surface area contributed by atoms with Crippen molar-refractivity contribution < 1.29 is 23.1 Å². The van der Waals surface area contributed by atoms with Gasteiger partial charge in [0.15, 0.2) is 0 Å². The van der Waals surface area contributed by atoms with Crippen LogP contribution in [0.25, 0.3) is 0 Å². The van der Waals surface area contributed by atoms with Gasteiger partial charge < -0.3 is 15.8 Å². The lowest BCUT2D eigenvalue weighted by Gasteiger charge is -2.10. The van der Waals surface area contributed by atoms with Gasteiger partial charge in [0.1, 0.15) is 6.04 Å². The van der Waals surface area contributed by atoms with Crippen molar-refractivity contribution in [2.75, 3.05) is 0 Å². The second-order valence-electron chi connectivity index (χ2n) is 2.62. The van der Waals surface area contributed by atoms with E-state index in [0.717, 1.165) is 12.3 Å². The quantitative estimate of drug-likeness (QED) is 0.681. The van der Waals surface area contributed by atoms with Gasteiger partial charge in [0.25, 0.3) is 0 Å². The van der Waals surface area contributed by atoms with Crippen LogP contribution in [0.4, 0.5) is 13.2 Å². The summed E-state index contributed by atoms with van der Waals surface area (Å²) >= 11 is 0. The van der Waals surface area contributed by atoms with E-state index in [0.29, 0.717) is 0 Å². The second kappa shape index (κ2) is 3.33. The Labute approximate surface area is 76.5 Å². The molecular weight excluding hydrogens is 201 g/mol. The lowest BCUT2D eigenvalue weighted by atomic mass is 10.1. The molecule has 4 N–H and O–H groups in total. The lowest BCUT2D eigenvalue weighted by molar-refractivity contribution is -0.141. The molecule has 0 aliphatic carbocycles. The summed E-state index contributed by atoms with van der Waals surface area (Å²) in [6, 6.07) is -0.945. The molecule has 0 spiro atoms. The van der Waals surface area contributed by atoms with Gasteiger partial charge in [-0.05, 0) is 6.07 Å². The first-order valence-corrected chi connectivity index (χ1v) is 3.57. The Morgan fingerprint density at radius 2 is 2.14 bits per heavy atom. The average molecular weight is 208 g/mol. The maximum Gasteiger partial charge on any atom is 0.418 e. The van der Waals surface area contributed by atoms with Crippen molar-refractivity contribution in [1.82, 2.24) is 4.98 Å². The molecule has 0 aliphatic rings. The van der Waals surface area contributed by atoms with Crippen LogP contribution in [0.5, 0.6) is 0 Å². The summed E-state index contributed by atoms with van der Waals surface area (Å²) in [6.45, 7) is 0. The third kappa shape index (κ3) is 1.87. The molecule has 1 atom stereocenters. The summed E-state index contributed by atoms with van der Waals surface area (Å²) in [5.41, 5.74) is 3.46. The summed E-state index contributed by atoms with van der Waals surface area (Å²) in [6.07, 6.45) is -3.59. The summed E-state index contributed by atoms with van der Waals surface area (Å²) in [7, 11) is 0. The van der Waals surface area contributed by atoms with E-state index >= 15 is 0 Å². The van der Waals surface area contributed by atoms with Crippen molar-refractivity contribution >= 4 is 5.97 Å². The molecule has 4 nitrogen and oxygen atoms in total. The number of alkyl halides is 3. The highest BCUT2D eigenvalue weighted by Crippen LogP contribution is 2.33. The predicted octanol–water partition coefficient (Wildman–Crippen LogP) is 1.12. The maximum atomic E-state index is 12.2. The van der Waals surface area contributed by atoms with E-state index in [1.54, 1.807) is 0 Å². The van der Waals surface area contributed by atoms with Crippen molar-refractivity contribution in [2.45, 2.75) is 12.2 Å². The van der Waals surface area contributed by atoms with Crippen molar-refractivity contribution in [1.29, 1.82) is 0 Å². The first kappa shape index (κ1) is 10.6. The van der Waals surface area contributed by atoms with Gasteiger partial charge >= 0.3 is 12.1 Å². The van der Waals surface area contributed by atoms with Gasteiger partial charge in [-0.1, -0.05) is 0 Å². The Hall–Kier alpha value is -1.50. The van der Waals surface area contributed by atoms with E-state index in [9.17, 15) is 18.0 Å². The fourth-order valence-electron chi connectivity index (χ4n) is 1.01. The Morgan fingerprint density at radius 1 is 1.57 bits per heavy atom. The topological polar surface area (TPSA) is 79.1 Å². The standard InChI is InChI=1S/C7H7F3N2O2/c8-7(9,10)3-1-2-12-5(3)4(11)6(13)14/h1-2,4,12H,11H2,(H,13,14). The van der Waals surface area contributed by atoms with Crippen LogP contribution in [0.1, 0.15) is 17.3 Å². The SMILES string of the molecule is NC(C(=O)O)c1[nH]ccc1C(F)(F)F. The smallest absolute Gasteiger partial charge is 0.418 e. The number of aliphatic carboxylic acids is 1. The highest BCUT2D eigenvalue weighted by Gasteiger charge is 2.36. The number of halogens is 3. The van der Waals surface area contributed by atoms with Crippen LogP contribution in [-0.2, 0) is 11.0 Å². The number of aromatic nitrogens is 1. The van der Waals surface area contributed by atoms with Crippen LogP contribution in [0.15, 0.2) is 12.3 Å². The summed E-state index contributed by atoms with van der Waals surface area (Å²) in [5.74, 6) is -1.52. The number of hydrogen-bond acceptors (Lipinski definition) is 2. The molecule has 0 saturated carbocycles. The van der Waals surface area contributed by atoms with Crippen molar-refractivity contribution in [2.24, 2.45) is 5.73 Å². The first-order chi connectivity index (χ1) is 6.34. The first-order valence-electron chi connectivity index (χ1n) is 3.57.